The summed E-state index contributed by atoms with van der Waals surface area (Å²) in [5.74, 6) is 0.126. The van der Waals surface area contributed by atoms with Crippen molar-refractivity contribution < 1.29 is 4.79 Å². The van der Waals surface area contributed by atoms with Gasteiger partial charge in [-0.3, -0.25) is 4.79 Å². The van der Waals surface area contributed by atoms with Gasteiger partial charge in [0, 0.05) is 31.6 Å². The number of rotatable bonds is 7. The van der Waals surface area contributed by atoms with E-state index in [2.05, 4.69) is 43.2 Å². The Labute approximate surface area is 99.8 Å². The summed E-state index contributed by atoms with van der Waals surface area (Å²) in [6, 6.07) is 0. The van der Waals surface area contributed by atoms with Crippen LogP contribution >= 0.6 is 0 Å². The smallest absolute Gasteiger partial charge is 0.221 e. The van der Waals surface area contributed by atoms with Crippen LogP contribution < -0.4 is 10.6 Å². The molecule has 4 nitrogen and oxygen atoms in total. The zero-order valence-corrected chi connectivity index (χ0v) is 11.4. The molecule has 0 rings (SSSR count). The van der Waals surface area contributed by atoms with Crippen molar-refractivity contribution in [3.8, 4) is 0 Å². The Morgan fingerprint density at radius 3 is 2.38 bits per heavy atom. The lowest BCUT2D eigenvalue weighted by Crippen LogP contribution is -2.39. The summed E-state index contributed by atoms with van der Waals surface area (Å²) < 4.78 is 0. The van der Waals surface area contributed by atoms with Crippen molar-refractivity contribution in [2.75, 3.05) is 33.2 Å². The largest absolute Gasteiger partial charge is 0.355 e. The molecule has 0 atom stereocenters. The Balaban J connectivity index is 3.46. The minimum absolute atomic E-state index is 0.0860. The van der Waals surface area contributed by atoms with Gasteiger partial charge >= 0.3 is 0 Å². The van der Waals surface area contributed by atoms with E-state index in [1.807, 2.05) is 7.05 Å². The summed E-state index contributed by atoms with van der Waals surface area (Å²) in [5, 5.41) is 6.21. The molecule has 0 saturated carbocycles. The minimum Gasteiger partial charge on any atom is -0.355 e. The van der Waals surface area contributed by atoms with E-state index >= 15 is 0 Å². The molecule has 0 spiro atoms. The van der Waals surface area contributed by atoms with Crippen molar-refractivity contribution in [2.45, 2.75) is 39.7 Å². The molecule has 0 radical (unpaired) electrons. The normalized spacial score (nSPS) is 11.9. The molecule has 0 aromatic rings. The average Bonchev–Trinajstić information content (AvgIpc) is 2.15. The van der Waals surface area contributed by atoms with Gasteiger partial charge in [0.2, 0.25) is 5.91 Å². The molecular formula is C12H27N3O. The van der Waals surface area contributed by atoms with Crippen LogP contribution in [0.4, 0.5) is 0 Å². The van der Waals surface area contributed by atoms with E-state index < -0.39 is 0 Å². The zero-order chi connectivity index (χ0) is 12.6. The molecule has 1 amide bonds. The van der Waals surface area contributed by atoms with Crippen molar-refractivity contribution in [2.24, 2.45) is 0 Å². The molecule has 0 fully saturated rings. The highest BCUT2D eigenvalue weighted by molar-refractivity contribution is 5.76. The highest BCUT2D eigenvalue weighted by Gasteiger charge is 2.09. The van der Waals surface area contributed by atoms with Crippen LogP contribution in [0.25, 0.3) is 0 Å². The van der Waals surface area contributed by atoms with Gasteiger partial charge in [-0.1, -0.05) is 6.92 Å². The third-order valence-electron chi connectivity index (χ3n) is 2.36. The predicted molar refractivity (Wildman–Crippen MR) is 68.6 cm³/mol. The molecule has 96 valence electrons. The van der Waals surface area contributed by atoms with Crippen molar-refractivity contribution in [1.29, 1.82) is 0 Å². The van der Waals surface area contributed by atoms with Crippen molar-refractivity contribution >= 4 is 5.91 Å². The van der Waals surface area contributed by atoms with Crippen LogP contribution in [0.1, 0.15) is 34.1 Å². The Morgan fingerprint density at radius 1 is 1.25 bits per heavy atom. The first-order valence-electron chi connectivity index (χ1n) is 6.05. The summed E-state index contributed by atoms with van der Waals surface area (Å²) >= 11 is 0. The van der Waals surface area contributed by atoms with Gasteiger partial charge in [-0.15, -0.1) is 0 Å². The van der Waals surface area contributed by atoms with Gasteiger partial charge in [0.15, 0.2) is 0 Å². The van der Waals surface area contributed by atoms with Gasteiger partial charge in [0.1, 0.15) is 0 Å². The van der Waals surface area contributed by atoms with Gasteiger partial charge in [0.05, 0.1) is 0 Å². The Morgan fingerprint density at radius 2 is 1.88 bits per heavy atom. The maximum absolute atomic E-state index is 11.4. The first kappa shape index (κ1) is 15.4. The van der Waals surface area contributed by atoms with Crippen LogP contribution in [0.2, 0.25) is 0 Å². The van der Waals surface area contributed by atoms with Crippen LogP contribution in [-0.4, -0.2) is 49.6 Å². The lowest BCUT2D eigenvalue weighted by Gasteiger charge is -2.20. The van der Waals surface area contributed by atoms with Crippen molar-refractivity contribution in [3.63, 3.8) is 0 Å². The van der Waals surface area contributed by atoms with E-state index in [4.69, 9.17) is 0 Å². The fourth-order valence-electron chi connectivity index (χ4n) is 1.18. The number of likely N-dealkylation sites (N-methyl/N-ethyl adjacent to an activating group) is 1. The zero-order valence-electron chi connectivity index (χ0n) is 11.4. The van der Waals surface area contributed by atoms with Gasteiger partial charge in [-0.2, -0.15) is 0 Å². The SMILES string of the molecule is CCN(C)CCNC(=O)CCNC(C)(C)C. The lowest BCUT2D eigenvalue weighted by atomic mass is 10.1. The van der Waals surface area contributed by atoms with E-state index in [1.54, 1.807) is 0 Å². The van der Waals surface area contributed by atoms with Crippen molar-refractivity contribution in [3.05, 3.63) is 0 Å². The molecule has 4 heteroatoms. The molecule has 0 aliphatic rings. The van der Waals surface area contributed by atoms with Crippen LogP contribution in [0.3, 0.4) is 0 Å². The summed E-state index contributed by atoms with van der Waals surface area (Å²) in [5.41, 5.74) is 0.0860. The fraction of sp³-hybridized carbons (Fsp3) is 0.917. The van der Waals surface area contributed by atoms with E-state index in [-0.39, 0.29) is 11.4 Å². The summed E-state index contributed by atoms with van der Waals surface area (Å²) in [6.07, 6.45) is 0.549. The molecular weight excluding hydrogens is 202 g/mol. The molecule has 0 heterocycles. The maximum atomic E-state index is 11.4. The Hall–Kier alpha value is -0.610. The number of amides is 1. The molecule has 0 aromatic heterocycles. The van der Waals surface area contributed by atoms with E-state index in [9.17, 15) is 4.79 Å². The molecule has 0 aliphatic carbocycles. The van der Waals surface area contributed by atoms with Gasteiger partial charge < -0.3 is 15.5 Å². The first-order chi connectivity index (χ1) is 7.35. The van der Waals surface area contributed by atoms with Crippen LogP contribution in [-0.2, 0) is 4.79 Å². The second kappa shape index (κ2) is 7.63. The fourth-order valence-corrected chi connectivity index (χ4v) is 1.18. The minimum atomic E-state index is 0.0860. The highest BCUT2D eigenvalue weighted by atomic mass is 16.1. The van der Waals surface area contributed by atoms with Gasteiger partial charge in [-0.05, 0) is 34.4 Å². The number of nitrogens with zero attached hydrogens (tertiary/aromatic N) is 1. The molecule has 0 bridgehead atoms. The number of carbonyl (C=O) groups excluding carboxylic acids is 1. The van der Waals surface area contributed by atoms with Crippen LogP contribution in [0.15, 0.2) is 0 Å². The third kappa shape index (κ3) is 9.93. The highest BCUT2D eigenvalue weighted by Crippen LogP contribution is 1.97. The van der Waals surface area contributed by atoms with Gasteiger partial charge in [0.25, 0.3) is 0 Å². The number of nitrogens with one attached hydrogen (secondary N) is 2. The molecule has 16 heavy (non-hydrogen) atoms. The maximum Gasteiger partial charge on any atom is 0.221 e. The second-order valence-corrected chi connectivity index (χ2v) is 5.17. The topological polar surface area (TPSA) is 44.4 Å². The Bertz CT molecular complexity index is 199. The van der Waals surface area contributed by atoms with E-state index in [1.165, 1.54) is 0 Å². The number of hydrogen-bond acceptors (Lipinski definition) is 3. The quantitative estimate of drug-likeness (QED) is 0.680. The monoisotopic (exact) mass is 229 g/mol. The number of hydrogen-bond donors (Lipinski definition) is 2. The van der Waals surface area contributed by atoms with E-state index in [0.717, 1.165) is 26.2 Å². The molecule has 2 N–H and O–H groups in total. The predicted octanol–water partition coefficient (Wildman–Crippen LogP) is 0.833. The van der Waals surface area contributed by atoms with Crippen LogP contribution in [0.5, 0.6) is 0 Å². The number of carbonyl (C=O) groups is 1. The van der Waals surface area contributed by atoms with Crippen molar-refractivity contribution in [1.82, 2.24) is 15.5 Å². The summed E-state index contributed by atoms with van der Waals surface area (Å²) in [4.78, 5) is 13.6. The summed E-state index contributed by atoms with van der Waals surface area (Å²) in [6.45, 7) is 11.8. The van der Waals surface area contributed by atoms with E-state index in [0.29, 0.717) is 6.42 Å². The van der Waals surface area contributed by atoms with Crippen LogP contribution in [0, 0.1) is 0 Å². The average molecular weight is 229 g/mol. The molecule has 0 unspecified atom stereocenters. The summed E-state index contributed by atoms with van der Waals surface area (Å²) in [7, 11) is 2.05. The first-order valence-corrected chi connectivity index (χ1v) is 6.05. The van der Waals surface area contributed by atoms with Gasteiger partial charge in [-0.25, -0.2) is 0 Å². The molecule has 0 aliphatic heterocycles. The molecule has 0 aromatic carbocycles. The third-order valence-corrected chi connectivity index (χ3v) is 2.36. The Kier molecular flexibility index (Phi) is 7.34. The second-order valence-electron chi connectivity index (χ2n) is 5.17. The lowest BCUT2D eigenvalue weighted by molar-refractivity contribution is -0.121. The molecule has 0 saturated heterocycles. The standard InChI is InChI=1S/C12H27N3O/c1-6-15(5)10-9-13-11(16)7-8-14-12(2,3)4/h14H,6-10H2,1-5H3,(H,13,16).